The summed E-state index contributed by atoms with van der Waals surface area (Å²) >= 11 is 33.4. The van der Waals surface area contributed by atoms with Crippen molar-refractivity contribution in [2.24, 2.45) is 0 Å². The number of methoxy groups -OCH3 is 5. The molecule has 6 aliphatic heterocycles. The molecule has 746 valence electrons. The molecule has 29 atom stereocenters. The number of hydrogen-bond acceptors (Lipinski definition) is 54. The summed E-state index contributed by atoms with van der Waals surface area (Å²) in [7, 11) is 6.33. The average molecular weight is 2160 g/mol. The van der Waals surface area contributed by atoms with E-state index >= 15 is 0 Å². The summed E-state index contributed by atoms with van der Waals surface area (Å²) in [6.45, 7) is -31.5. The number of nitrogen functional groups attached to an aromatic ring is 6. The first kappa shape index (κ1) is 101. The number of hydrogen-bond donors (Lipinski definition) is 15. The number of aliphatic hydroxyl groups is 2. The van der Waals surface area contributed by atoms with Gasteiger partial charge in [-0.2, -0.15) is 0 Å². The van der Waals surface area contributed by atoms with E-state index in [1.165, 1.54) is 114 Å². The van der Waals surface area contributed by atoms with Crippen LogP contribution in [0.1, 0.15) is 37.4 Å². The Labute approximate surface area is 804 Å². The number of aromatic nitrogens is 24. The van der Waals surface area contributed by atoms with Crippen molar-refractivity contribution < 1.29 is 146 Å². The fraction of sp³-hybridized carbons (Fsp3) is 0.538. The van der Waals surface area contributed by atoms with E-state index in [0.29, 0.717) is 0 Å². The first-order chi connectivity index (χ1) is 65.8. The van der Waals surface area contributed by atoms with Gasteiger partial charge in [0.05, 0.1) is 77.6 Å². The van der Waals surface area contributed by atoms with E-state index in [2.05, 4.69) is 89.7 Å². The molecule has 61 nitrogen and oxygen atoms in total. The lowest BCUT2D eigenvalue weighted by molar-refractivity contribution is -0.0616. The third kappa shape index (κ3) is 20.3. The Morgan fingerprint density at radius 3 is 0.638 bits per heavy atom. The normalized spacial score (nSPS) is 30.9. The number of aliphatic hydroxyl groups excluding tert-OH is 2. The van der Waals surface area contributed by atoms with E-state index < -0.39 is 227 Å². The summed E-state index contributed by atoms with van der Waals surface area (Å²) in [5.41, 5.74) is 38.7. The minimum absolute atomic E-state index is 0.00842. The molecule has 6 saturated heterocycles. The first-order valence-corrected chi connectivity index (χ1v) is 55.9. The van der Waals surface area contributed by atoms with Crippen LogP contribution in [0.25, 0.3) is 67.0 Å². The predicted octanol–water partition coefficient (Wildman–Crippen LogP) is -1.98. The fourth-order valence-corrected chi connectivity index (χ4v) is 24.2. The largest absolute Gasteiger partial charge is 0.387 e. The van der Waals surface area contributed by atoms with Gasteiger partial charge in [0.15, 0.2) is 106 Å². The zero-order valence-electron chi connectivity index (χ0n) is 71.4. The van der Waals surface area contributed by atoms with Crippen LogP contribution < -0.4 is 34.4 Å². The van der Waals surface area contributed by atoms with Gasteiger partial charge in [-0.25, -0.2) is 89.7 Å². The summed E-state index contributed by atoms with van der Waals surface area (Å²) in [4.78, 5) is 158. The van der Waals surface area contributed by atoms with Gasteiger partial charge in [0, 0.05) is 35.5 Å². The quantitative estimate of drug-likeness (QED) is 0.0186. The highest BCUT2D eigenvalue weighted by Crippen LogP contribution is 2.59. The molecule has 5 unspecified atom stereocenters. The Balaban J connectivity index is 0.570. The lowest BCUT2D eigenvalue weighted by atomic mass is 10.1. The second kappa shape index (κ2) is 40.4. The maximum Gasteiger partial charge on any atom is 0.325 e. The van der Waals surface area contributed by atoms with Crippen LogP contribution in [-0.4, -0.2) is 347 Å². The minimum Gasteiger partial charge on any atom is -0.387 e. The van der Waals surface area contributed by atoms with E-state index in [4.69, 9.17) is 207 Å². The van der Waals surface area contributed by atoms with Crippen molar-refractivity contribution in [1.29, 1.82) is 0 Å². The summed E-state index contributed by atoms with van der Waals surface area (Å²) in [5, 5.41) is 22.5. The second-order valence-corrected chi connectivity index (χ2v) is 47.4. The fourth-order valence-electron chi connectivity index (χ4n) is 16.7. The Hall–Kier alpha value is -7.24. The molecule has 0 aliphatic carbocycles. The molecule has 0 spiro atoms. The summed E-state index contributed by atoms with van der Waals surface area (Å²) in [6, 6.07) is 0. The van der Waals surface area contributed by atoms with Gasteiger partial charge in [-0.1, -0.05) is 0 Å². The van der Waals surface area contributed by atoms with Crippen molar-refractivity contribution in [1.82, 2.24) is 117 Å². The Morgan fingerprint density at radius 1 is 0.261 bits per heavy atom. The van der Waals surface area contributed by atoms with Crippen molar-refractivity contribution in [3.8, 4) is 0 Å². The third-order valence-corrected chi connectivity index (χ3v) is 31.4. The molecular weight excluding hydrogens is 2080 g/mol. The number of nitrogens with two attached hydrogens (primary N) is 6. The molecule has 138 heavy (non-hydrogen) atoms. The van der Waals surface area contributed by atoms with Crippen molar-refractivity contribution in [3.63, 3.8) is 0 Å². The van der Waals surface area contributed by atoms with E-state index in [0.717, 1.165) is 25.3 Å². The minimum atomic E-state index is -4.75. The van der Waals surface area contributed by atoms with Gasteiger partial charge in [0.2, 0.25) is 0 Å². The topological polar surface area (TPSA) is 803 Å². The maximum absolute atomic E-state index is 12.5. The molecule has 0 amide bonds. The van der Waals surface area contributed by atoms with Crippen LogP contribution in [0.5, 0.6) is 0 Å². The number of ether oxygens (including phenoxy) is 11. The Bertz CT molecular complexity index is 6810. The molecule has 18 heterocycles. The van der Waals surface area contributed by atoms with E-state index in [9.17, 15) is 44.5 Å². The molecule has 73 heteroatoms. The number of imidazole rings is 6. The van der Waals surface area contributed by atoms with Gasteiger partial charge < -0.3 is 158 Å². The maximum atomic E-state index is 12.5. The summed E-state index contributed by atoms with van der Waals surface area (Å²) < 4.78 is 145. The molecule has 21 N–H and O–H groups in total. The second-order valence-electron chi connectivity index (χ2n) is 30.8. The first-order valence-electron chi connectivity index (χ1n) is 40.3. The molecule has 0 bridgehead atoms. The average Bonchev–Trinajstić information content (AvgIpc) is 1.62. The van der Waals surface area contributed by atoms with Crippen molar-refractivity contribution >= 4 is 213 Å². The molecule has 6 aliphatic rings. The molecule has 0 saturated carbocycles. The SMILES string of the molecule is CO[C@H]1[C@@H](OP(O)(=S)OC[C@H]2O[C@@H](n3cnc4c(N)ncnc43)[C@H](OP(O)(=S)OC[C@H]3O[C@@H](n4cnc5c(N)ncnc54)[C@H](OP(O)(=S)OC[C@H]4O[C@@H](n5cnc6c(N)ncnc65)[C@H](OP(O)(=S)OC[C@H]5O[C@@H](n6cnc7c(N)ncnc76)[C@H](OP(O)(=S)OC[C@H]6O[C@@H](n7cnc8c(N)ncnc87)[C@H](O)[C@@H]6O)[C@@H]5OC)[C@@H]4OC)[C@@H]3OC)[C@@H]2OC)[C@H](n2cnc3c(N)ncnc32)O[C@@H]1COP(O)(O)=S. The van der Waals surface area contributed by atoms with E-state index in [1.807, 2.05) is 0 Å². The molecule has 6 fully saturated rings. The molecule has 18 rings (SSSR count). The zero-order chi connectivity index (χ0) is 97.7. The van der Waals surface area contributed by atoms with Crippen LogP contribution >= 0.6 is 40.3 Å². The molecule has 0 aromatic carbocycles. The predicted molar refractivity (Wildman–Crippen MR) is 489 cm³/mol. The third-order valence-electron chi connectivity index (χ3n) is 22.8. The van der Waals surface area contributed by atoms with Crippen LogP contribution in [0.3, 0.4) is 0 Å². The highest BCUT2D eigenvalue weighted by Gasteiger charge is 2.58. The summed E-state index contributed by atoms with van der Waals surface area (Å²) in [5.74, 6) is -0.0997. The van der Waals surface area contributed by atoms with Crippen LogP contribution in [-0.2, 0) is 173 Å². The lowest BCUT2D eigenvalue weighted by Gasteiger charge is -2.30. The Kier molecular flexibility index (Phi) is 29.5. The Morgan fingerprint density at radius 2 is 0.442 bits per heavy atom. The van der Waals surface area contributed by atoms with Gasteiger partial charge in [0.1, 0.15) is 181 Å². The highest BCUT2D eigenvalue weighted by atomic mass is 32.5. The van der Waals surface area contributed by atoms with Gasteiger partial charge in [0.25, 0.3) is 0 Å². The number of rotatable bonds is 39. The van der Waals surface area contributed by atoms with Crippen LogP contribution in [0, 0.1) is 0 Å². The zero-order valence-corrected chi connectivity index (χ0v) is 81.6. The molecule has 12 aromatic heterocycles. The van der Waals surface area contributed by atoms with Gasteiger partial charge >= 0.3 is 40.3 Å². The van der Waals surface area contributed by atoms with Crippen molar-refractivity contribution in [2.45, 2.75) is 147 Å². The summed E-state index contributed by atoms with van der Waals surface area (Å²) in [6.07, 6.45) is -19.1. The van der Waals surface area contributed by atoms with Gasteiger partial charge in [-0.15, -0.1) is 0 Å². The highest BCUT2D eigenvalue weighted by molar-refractivity contribution is 8.08. The van der Waals surface area contributed by atoms with Crippen LogP contribution in [0.15, 0.2) is 75.9 Å². The number of nitrogens with zero attached hydrogens (tertiary/aromatic N) is 24. The van der Waals surface area contributed by atoms with Crippen molar-refractivity contribution in [3.05, 3.63) is 75.9 Å². The smallest absolute Gasteiger partial charge is 0.325 e. The van der Waals surface area contributed by atoms with Gasteiger partial charge in [-0.05, 0) is 70.8 Å². The standard InChI is InChI=1S/C65H84N30O31P6S6/c1-105-38-25(7-110-127(98,99)133)117-61(91-19-85-31-49(67)73-13-79-55(31)91)43(38)123-129(101,135)112-9-27-40(107-3)45(63(119-27)93-21-87-33-51(69)75-15-81-57(33)93)125-131(103,137)114-11-29-42(109-5)47(65(121-29)95-23-89-35-53(71)77-17-83-59(35)95)126-132(104,138)115-10-28-41(108-4)46(64(120-28)94-22-88-34-52(70)76-16-82-58(34)94)124-130(102,136)113-8-26-39(106-2)44(62(118-26)92-20-86-32-50(68)74-14-80-56(32)92)122-128(100,134)111-6-24-36(96)37(97)60(116-24)90-18-84-30-48(66)72-12-78-54(30)90/h12-29,36-47,60-65,96-97H,6-11H2,1-5H3,(H,100,134)(H,101,135)(H,102,136)(H,103,137)(H,104,138)(H2,66,72,78)(H2,67,73,79)(H2,68,74,80)(H2,69,75,81)(H2,70,76,82)(H2,71,77,83)(H2,98,99,133)/t24-,25-,26-,27-,28-,29-,36-,37-,38-,39-,40-,41-,42-,43-,44-,45-,46-,47-,60-,61-,62-,63-,64-,65-,128?,129?,130?,131?,132?/m1/s1. The molecular formula is C65H84N30O31P6S6. The number of anilines is 6. The van der Waals surface area contributed by atoms with Crippen LogP contribution in [0.4, 0.5) is 34.9 Å². The molecule has 12 aromatic rings. The van der Waals surface area contributed by atoms with Crippen LogP contribution in [0.2, 0.25) is 0 Å². The van der Waals surface area contributed by atoms with Gasteiger partial charge in [-0.3, -0.25) is 50.0 Å². The lowest BCUT2D eigenvalue weighted by Crippen LogP contribution is -2.39. The monoisotopic (exact) mass is 2160 g/mol. The van der Waals surface area contributed by atoms with E-state index in [1.54, 1.807) is 0 Å². The van der Waals surface area contributed by atoms with Crippen molar-refractivity contribution in [2.75, 3.05) is 110 Å². The van der Waals surface area contributed by atoms with E-state index in [-0.39, 0.29) is 102 Å². The number of fused-ring (bicyclic) bond motifs is 6. The molecule has 0 radical (unpaired) electrons.